The van der Waals surface area contributed by atoms with Gasteiger partial charge in [-0.05, 0) is 63.5 Å². The Bertz CT molecular complexity index is 2590. The lowest BCUT2D eigenvalue weighted by molar-refractivity contribution is -0.206. The number of aryl methyl sites for hydroxylation is 1. The number of fused-ring (bicyclic) bond motifs is 4. The number of imidazole rings is 1. The Balaban J connectivity index is 0.729. The molecule has 1 aromatic carbocycles. The number of amides is 3. The topological polar surface area (TPSA) is 188 Å². The predicted octanol–water partition coefficient (Wildman–Crippen LogP) is 2.23. The second-order valence-electron chi connectivity index (χ2n) is 16.9. The van der Waals surface area contributed by atoms with Crippen molar-refractivity contribution in [3.63, 3.8) is 0 Å². The first-order valence-corrected chi connectivity index (χ1v) is 21.1. The number of nitrogens with zero attached hydrogens (tertiary/aromatic N) is 10. The molecular formula is C41H48F2N12O7. The van der Waals surface area contributed by atoms with Gasteiger partial charge in [0, 0.05) is 51.5 Å². The van der Waals surface area contributed by atoms with Crippen molar-refractivity contribution in [2.75, 3.05) is 63.3 Å². The maximum absolute atomic E-state index is 14.3. The van der Waals surface area contributed by atoms with Crippen molar-refractivity contribution >= 4 is 45.9 Å². The van der Waals surface area contributed by atoms with E-state index in [0.717, 1.165) is 43.4 Å². The molecule has 21 heteroatoms. The molecule has 9 heterocycles. The number of para-hydroxylation sites is 1. The van der Waals surface area contributed by atoms with Gasteiger partial charge in [0.15, 0.2) is 17.6 Å². The van der Waals surface area contributed by atoms with Gasteiger partial charge in [-0.15, -0.1) is 0 Å². The van der Waals surface area contributed by atoms with Gasteiger partial charge in [-0.25, -0.2) is 23.1 Å². The second-order valence-corrected chi connectivity index (χ2v) is 16.9. The molecule has 5 aliphatic heterocycles. The third-order valence-corrected chi connectivity index (χ3v) is 13.1. The van der Waals surface area contributed by atoms with E-state index in [1.807, 2.05) is 31.3 Å². The quantitative estimate of drug-likeness (QED) is 0.185. The highest BCUT2D eigenvalue weighted by atomic mass is 19.3. The SMILES string of the molecule is CN(C[C@H]1OC[C@H](n2cc(NC(=O)c3cnn4ccc(N5C[C@H]6C[C@@H]5CO6)nc34)c(C(F)F)n2)CO1)C1CCN(Cc2cccc3c2n(C)c(=O)n3C2CCC(=O)NC2=O)CC1. The summed E-state index contributed by atoms with van der Waals surface area (Å²) in [7, 11) is 3.75. The molecule has 5 aromatic rings. The number of ether oxygens (including phenoxy) is 3. The molecule has 62 heavy (non-hydrogen) atoms. The average Bonchev–Trinajstić information content (AvgIpc) is 4.12. The summed E-state index contributed by atoms with van der Waals surface area (Å²) in [5.41, 5.74) is 1.94. The number of hydrogen-bond acceptors (Lipinski definition) is 13. The van der Waals surface area contributed by atoms with Gasteiger partial charge < -0.3 is 24.4 Å². The van der Waals surface area contributed by atoms with Gasteiger partial charge in [-0.2, -0.15) is 10.2 Å². The monoisotopic (exact) mass is 858 g/mol. The van der Waals surface area contributed by atoms with E-state index in [1.165, 1.54) is 26.2 Å². The van der Waals surface area contributed by atoms with Crippen LogP contribution in [0.4, 0.5) is 20.3 Å². The van der Waals surface area contributed by atoms with Gasteiger partial charge in [0.25, 0.3) is 12.3 Å². The fraction of sp³-hybridized carbons (Fsp3) is 0.537. The Morgan fingerprint density at radius 3 is 2.56 bits per heavy atom. The van der Waals surface area contributed by atoms with E-state index in [4.69, 9.17) is 19.2 Å². The largest absolute Gasteiger partial charge is 0.374 e. The predicted molar refractivity (Wildman–Crippen MR) is 218 cm³/mol. The molecule has 2 bridgehead atoms. The summed E-state index contributed by atoms with van der Waals surface area (Å²) in [4.78, 5) is 62.8. The number of rotatable bonds is 11. The molecule has 5 fully saturated rings. The number of nitrogens with one attached hydrogen (secondary N) is 2. The minimum absolute atomic E-state index is 0.117. The van der Waals surface area contributed by atoms with Crippen LogP contribution in [-0.4, -0.2) is 139 Å². The van der Waals surface area contributed by atoms with Crippen molar-refractivity contribution in [2.24, 2.45) is 7.05 Å². The first-order chi connectivity index (χ1) is 30.0. The lowest BCUT2D eigenvalue weighted by Gasteiger charge is -2.39. The van der Waals surface area contributed by atoms with Crippen molar-refractivity contribution in [2.45, 2.75) is 81.6 Å². The van der Waals surface area contributed by atoms with Crippen molar-refractivity contribution in [1.29, 1.82) is 0 Å². The number of likely N-dealkylation sites (N-methyl/N-ethyl adjacent to an activating group) is 1. The van der Waals surface area contributed by atoms with Crippen LogP contribution in [-0.2, 0) is 37.4 Å². The number of alkyl halides is 2. The summed E-state index contributed by atoms with van der Waals surface area (Å²) in [6.07, 6.45) is 4.37. The normalized spacial score (nSPS) is 24.9. The number of piperidine rings is 2. The zero-order valence-corrected chi connectivity index (χ0v) is 34.4. The summed E-state index contributed by atoms with van der Waals surface area (Å²) >= 11 is 0. The number of anilines is 2. The number of likely N-dealkylation sites (tertiary alicyclic amines) is 1. The molecular weight excluding hydrogens is 811 g/mol. The average molecular weight is 859 g/mol. The van der Waals surface area contributed by atoms with E-state index in [2.05, 4.69) is 35.5 Å². The fourth-order valence-corrected chi connectivity index (χ4v) is 9.71. The van der Waals surface area contributed by atoms with Crippen LogP contribution in [0.2, 0.25) is 0 Å². The Kier molecular flexibility index (Phi) is 10.6. The van der Waals surface area contributed by atoms with E-state index < -0.39 is 42.3 Å². The molecule has 3 atom stereocenters. The zero-order valence-electron chi connectivity index (χ0n) is 34.4. The molecule has 5 saturated heterocycles. The molecule has 10 rings (SSSR count). The van der Waals surface area contributed by atoms with Crippen molar-refractivity contribution < 1.29 is 37.4 Å². The minimum atomic E-state index is -2.94. The summed E-state index contributed by atoms with van der Waals surface area (Å²) < 4.78 is 52.4. The number of imide groups is 1. The molecule has 1 unspecified atom stereocenters. The van der Waals surface area contributed by atoms with Crippen LogP contribution in [0.15, 0.2) is 47.7 Å². The number of carbonyl (C=O) groups excluding carboxylic acids is 3. The van der Waals surface area contributed by atoms with Gasteiger partial charge in [0.1, 0.15) is 17.4 Å². The Labute approximate surface area is 353 Å². The van der Waals surface area contributed by atoms with Gasteiger partial charge >= 0.3 is 5.69 Å². The summed E-state index contributed by atoms with van der Waals surface area (Å²) in [6.45, 7) is 4.51. The zero-order chi connectivity index (χ0) is 42.8. The number of aromatic nitrogens is 7. The molecule has 0 aliphatic carbocycles. The Morgan fingerprint density at radius 2 is 1.84 bits per heavy atom. The Morgan fingerprint density at radius 1 is 1.05 bits per heavy atom. The lowest BCUT2D eigenvalue weighted by Crippen LogP contribution is -2.47. The molecule has 0 spiro atoms. The van der Waals surface area contributed by atoms with Crippen LogP contribution in [0.25, 0.3) is 16.7 Å². The number of hydrogen-bond donors (Lipinski definition) is 2. The Hall–Kier alpha value is -5.61. The maximum Gasteiger partial charge on any atom is 0.329 e. The second kappa shape index (κ2) is 16.3. The standard InChI is InChI=1S/C41H48F2N12O7/c1-49(24-8-11-51(12-9-24)16-23-4-3-5-30-36(23)50(2)41(59)55(30)31-6-7-33(56)47-40(31)58)19-34-61-21-26(22-62-34)54-18-29(35(48-54)37(42)43)45-39(57)28-15-44-53-13-10-32(46-38(28)53)52-17-27-14-25(52)20-60-27/h3-5,10,13,15,18,24-27,31,34,37H,6-9,11-12,14,16-17,19-22H2,1-2H3,(H,45,57)(H,47,56,58)/t25-,26-,27-,31?,34-/m1/s1. The van der Waals surface area contributed by atoms with Crippen LogP contribution < -0.4 is 21.2 Å². The number of morpholine rings is 1. The number of carbonyl (C=O) groups is 3. The van der Waals surface area contributed by atoms with Crippen LogP contribution in [0.5, 0.6) is 0 Å². The molecule has 3 amide bonds. The highest BCUT2D eigenvalue weighted by Crippen LogP contribution is 2.33. The van der Waals surface area contributed by atoms with Crippen molar-refractivity contribution in [3.05, 3.63) is 70.2 Å². The van der Waals surface area contributed by atoms with Gasteiger partial charge in [0.2, 0.25) is 11.8 Å². The minimum Gasteiger partial charge on any atom is -0.374 e. The molecule has 19 nitrogen and oxygen atoms in total. The molecule has 0 saturated carbocycles. The van der Waals surface area contributed by atoms with Crippen molar-refractivity contribution in [3.8, 4) is 0 Å². The molecule has 4 aromatic heterocycles. The summed E-state index contributed by atoms with van der Waals surface area (Å²) in [5, 5.41) is 13.4. The first kappa shape index (κ1) is 40.5. The highest BCUT2D eigenvalue weighted by molar-refractivity contribution is 6.08. The van der Waals surface area contributed by atoms with Gasteiger partial charge in [-0.3, -0.25) is 43.3 Å². The van der Waals surface area contributed by atoms with Crippen LogP contribution >= 0.6 is 0 Å². The summed E-state index contributed by atoms with van der Waals surface area (Å²) in [5.74, 6) is -0.709. The van der Waals surface area contributed by atoms with Gasteiger partial charge in [-0.1, -0.05) is 12.1 Å². The van der Waals surface area contributed by atoms with E-state index in [-0.39, 0.29) is 67.1 Å². The highest BCUT2D eigenvalue weighted by Gasteiger charge is 2.40. The first-order valence-electron chi connectivity index (χ1n) is 21.1. The van der Waals surface area contributed by atoms with Gasteiger partial charge in [0.05, 0.1) is 60.9 Å². The number of halogens is 2. The van der Waals surface area contributed by atoms with Crippen LogP contribution in [0, 0.1) is 0 Å². The third kappa shape index (κ3) is 7.44. The van der Waals surface area contributed by atoms with E-state index in [0.29, 0.717) is 43.2 Å². The van der Waals surface area contributed by atoms with E-state index in [9.17, 15) is 28.0 Å². The molecule has 328 valence electrons. The lowest BCUT2D eigenvalue weighted by atomic mass is 10.0. The number of benzene rings is 1. The van der Waals surface area contributed by atoms with Crippen LogP contribution in [0.3, 0.4) is 0 Å². The maximum atomic E-state index is 14.3. The van der Waals surface area contributed by atoms with E-state index in [1.54, 1.807) is 17.8 Å². The smallest absolute Gasteiger partial charge is 0.329 e. The molecule has 2 N–H and O–H groups in total. The fourth-order valence-electron chi connectivity index (χ4n) is 9.71. The third-order valence-electron chi connectivity index (χ3n) is 13.1. The van der Waals surface area contributed by atoms with Crippen molar-refractivity contribution in [1.82, 2.24) is 48.6 Å². The molecule has 0 radical (unpaired) electrons. The van der Waals surface area contributed by atoms with Crippen LogP contribution in [0.1, 0.15) is 72.2 Å². The van der Waals surface area contributed by atoms with E-state index >= 15 is 0 Å². The molecule has 5 aliphatic rings. The summed E-state index contributed by atoms with van der Waals surface area (Å²) in [6, 6.07) is 6.87.